The molecule has 0 spiro atoms. The van der Waals surface area contributed by atoms with Crippen LogP contribution in [-0.2, 0) is 11.3 Å². The van der Waals surface area contributed by atoms with E-state index < -0.39 is 0 Å². The molecular weight excluding hydrogens is 224 g/mol. The molecule has 0 unspecified atom stereocenters. The number of hydrogen-bond acceptors (Lipinski definition) is 2. The van der Waals surface area contributed by atoms with E-state index in [0.29, 0.717) is 6.54 Å². The van der Waals surface area contributed by atoms with Gasteiger partial charge in [-0.05, 0) is 43.7 Å². The van der Waals surface area contributed by atoms with Gasteiger partial charge in [-0.2, -0.15) is 0 Å². The number of amides is 1. The Hall–Kier alpha value is -1.35. The van der Waals surface area contributed by atoms with Crippen LogP contribution in [0.3, 0.4) is 0 Å². The predicted molar refractivity (Wildman–Crippen MR) is 73.4 cm³/mol. The highest BCUT2D eigenvalue weighted by Gasteiger charge is 2.25. The van der Waals surface area contributed by atoms with E-state index in [4.69, 9.17) is 0 Å². The van der Waals surface area contributed by atoms with Crippen molar-refractivity contribution < 1.29 is 4.79 Å². The molecule has 98 valence electrons. The van der Waals surface area contributed by atoms with Crippen LogP contribution in [-0.4, -0.2) is 18.5 Å². The fourth-order valence-electron chi connectivity index (χ4n) is 2.17. The van der Waals surface area contributed by atoms with Crippen LogP contribution in [0.4, 0.5) is 0 Å². The molecule has 1 aliphatic carbocycles. The molecule has 0 aromatic heterocycles. The lowest BCUT2D eigenvalue weighted by atomic mass is 10.0. The van der Waals surface area contributed by atoms with Gasteiger partial charge in [0.05, 0.1) is 6.54 Å². The summed E-state index contributed by atoms with van der Waals surface area (Å²) in [4.78, 5) is 11.5. The third kappa shape index (κ3) is 3.84. The fraction of sp³-hybridized carbons (Fsp3) is 0.533. The minimum Gasteiger partial charge on any atom is -0.353 e. The normalized spacial score (nSPS) is 14.8. The van der Waals surface area contributed by atoms with Gasteiger partial charge in [0.1, 0.15) is 0 Å². The zero-order valence-corrected chi connectivity index (χ0v) is 11.2. The van der Waals surface area contributed by atoms with Crippen molar-refractivity contribution in [3.63, 3.8) is 0 Å². The summed E-state index contributed by atoms with van der Waals surface area (Å²) in [6.45, 7) is 5.11. The number of benzene rings is 1. The average molecular weight is 246 g/mol. The van der Waals surface area contributed by atoms with Crippen LogP contribution < -0.4 is 10.6 Å². The van der Waals surface area contributed by atoms with Crippen LogP contribution in [0.1, 0.15) is 43.7 Å². The highest BCUT2D eigenvalue weighted by molar-refractivity contribution is 5.78. The van der Waals surface area contributed by atoms with Crippen LogP contribution in [0.25, 0.3) is 0 Å². The maximum Gasteiger partial charge on any atom is 0.234 e. The molecule has 3 nitrogen and oxygen atoms in total. The average Bonchev–Trinajstić information content (AvgIpc) is 3.12. The maximum absolute atomic E-state index is 11.5. The van der Waals surface area contributed by atoms with Crippen LogP contribution in [0, 0.1) is 0 Å². The predicted octanol–water partition coefficient (Wildman–Crippen LogP) is 2.18. The van der Waals surface area contributed by atoms with Gasteiger partial charge in [0.25, 0.3) is 0 Å². The summed E-state index contributed by atoms with van der Waals surface area (Å²) < 4.78 is 0. The molecule has 1 aliphatic rings. The molecule has 1 amide bonds. The Kier molecular flexibility index (Phi) is 4.37. The third-order valence-corrected chi connectivity index (χ3v) is 3.12. The van der Waals surface area contributed by atoms with Crippen molar-refractivity contribution in [3.05, 3.63) is 35.4 Å². The van der Waals surface area contributed by atoms with Crippen LogP contribution in [0.15, 0.2) is 24.3 Å². The molecule has 0 radical (unpaired) electrons. The van der Waals surface area contributed by atoms with E-state index in [-0.39, 0.29) is 11.9 Å². The van der Waals surface area contributed by atoms with Gasteiger partial charge in [-0.25, -0.2) is 0 Å². The smallest absolute Gasteiger partial charge is 0.234 e. The molecule has 1 aromatic rings. The number of carbonyl (C=O) groups excluding carboxylic acids is 1. The highest BCUT2D eigenvalue weighted by Crippen LogP contribution is 2.41. The van der Waals surface area contributed by atoms with Crippen molar-refractivity contribution in [2.24, 2.45) is 0 Å². The van der Waals surface area contributed by atoms with Crippen molar-refractivity contribution in [2.45, 2.75) is 45.2 Å². The van der Waals surface area contributed by atoms with Gasteiger partial charge in [-0.15, -0.1) is 0 Å². The molecule has 1 aromatic carbocycles. The Morgan fingerprint density at radius 1 is 1.33 bits per heavy atom. The molecule has 3 heteroatoms. The summed E-state index contributed by atoms with van der Waals surface area (Å²) in [5.74, 6) is 0.821. The van der Waals surface area contributed by atoms with Crippen molar-refractivity contribution in [1.82, 2.24) is 10.6 Å². The minimum absolute atomic E-state index is 0.0638. The SMILES string of the molecule is CC(C)NC(=O)CNCc1ccccc1C1CC1. The lowest BCUT2D eigenvalue weighted by molar-refractivity contribution is -0.120. The molecule has 0 atom stereocenters. The van der Waals surface area contributed by atoms with Crippen molar-refractivity contribution in [1.29, 1.82) is 0 Å². The third-order valence-electron chi connectivity index (χ3n) is 3.12. The first-order valence-electron chi connectivity index (χ1n) is 6.74. The second-order valence-corrected chi connectivity index (χ2v) is 5.30. The molecule has 1 saturated carbocycles. The fourth-order valence-corrected chi connectivity index (χ4v) is 2.17. The van der Waals surface area contributed by atoms with Gasteiger partial charge < -0.3 is 10.6 Å². The number of carbonyl (C=O) groups is 1. The van der Waals surface area contributed by atoms with Gasteiger partial charge in [0.2, 0.25) is 5.91 Å². The first kappa shape index (κ1) is 13.1. The Balaban J connectivity index is 1.81. The largest absolute Gasteiger partial charge is 0.353 e. The molecule has 2 rings (SSSR count). The van der Waals surface area contributed by atoms with E-state index in [2.05, 4.69) is 34.9 Å². The summed E-state index contributed by atoms with van der Waals surface area (Å²) in [7, 11) is 0. The summed E-state index contributed by atoms with van der Waals surface area (Å²) in [5, 5.41) is 6.10. The summed E-state index contributed by atoms with van der Waals surface area (Å²) in [6.07, 6.45) is 2.62. The van der Waals surface area contributed by atoms with E-state index in [1.54, 1.807) is 0 Å². The van der Waals surface area contributed by atoms with Crippen molar-refractivity contribution >= 4 is 5.91 Å². The van der Waals surface area contributed by atoms with Crippen molar-refractivity contribution in [2.75, 3.05) is 6.54 Å². The molecule has 0 bridgehead atoms. The second-order valence-electron chi connectivity index (χ2n) is 5.30. The topological polar surface area (TPSA) is 41.1 Å². The molecule has 0 aliphatic heterocycles. The van der Waals surface area contributed by atoms with Crippen LogP contribution in [0.5, 0.6) is 0 Å². The lowest BCUT2D eigenvalue weighted by Crippen LogP contribution is -2.37. The number of nitrogens with one attached hydrogen (secondary N) is 2. The molecule has 18 heavy (non-hydrogen) atoms. The van der Waals surface area contributed by atoms with Crippen LogP contribution >= 0.6 is 0 Å². The molecule has 0 heterocycles. The summed E-state index contributed by atoms with van der Waals surface area (Å²) in [6, 6.07) is 8.74. The first-order chi connectivity index (χ1) is 8.66. The minimum atomic E-state index is 0.0638. The van der Waals surface area contributed by atoms with Gasteiger partial charge in [0, 0.05) is 12.6 Å². The second kappa shape index (κ2) is 6.01. The first-order valence-corrected chi connectivity index (χ1v) is 6.74. The van der Waals surface area contributed by atoms with E-state index in [1.807, 2.05) is 13.8 Å². The molecule has 1 fully saturated rings. The summed E-state index contributed by atoms with van der Waals surface area (Å²) >= 11 is 0. The van der Waals surface area contributed by atoms with E-state index in [0.717, 1.165) is 12.5 Å². The lowest BCUT2D eigenvalue weighted by Gasteiger charge is -2.11. The Labute approximate surface area is 109 Å². The zero-order chi connectivity index (χ0) is 13.0. The van der Waals surface area contributed by atoms with Crippen molar-refractivity contribution in [3.8, 4) is 0 Å². The quantitative estimate of drug-likeness (QED) is 0.807. The molecular formula is C15H22N2O. The van der Waals surface area contributed by atoms with Crippen LogP contribution in [0.2, 0.25) is 0 Å². The summed E-state index contributed by atoms with van der Waals surface area (Å²) in [5.41, 5.74) is 2.78. The number of rotatable bonds is 6. The van der Waals surface area contributed by atoms with E-state index in [9.17, 15) is 4.79 Å². The number of hydrogen-bond donors (Lipinski definition) is 2. The highest BCUT2D eigenvalue weighted by atomic mass is 16.1. The maximum atomic E-state index is 11.5. The Bertz CT molecular complexity index is 411. The molecule has 2 N–H and O–H groups in total. The van der Waals surface area contributed by atoms with Gasteiger partial charge >= 0.3 is 0 Å². The molecule has 0 saturated heterocycles. The van der Waals surface area contributed by atoms with E-state index >= 15 is 0 Å². The van der Waals surface area contributed by atoms with E-state index in [1.165, 1.54) is 24.0 Å². The van der Waals surface area contributed by atoms with Gasteiger partial charge in [0.15, 0.2) is 0 Å². The Morgan fingerprint density at radius 2 is 2.06 bits per heavy atom. The standard InChI is InChI=1S/C15H22N2O/c1-11(2)17-15(18)10-16-9-13-5-3-4-6-14(13)12-7-8-12/h3-6,11-12,16H,7-10H2,1-2H3,(H,17,18). The van der Waals surface area contributed by atoms with Gasteiger partial charge in [-0.3, -0.25) is 4.79 Å². The monoisotopic (exact) mass is 246 g/mol. The van der Waals surface area contributed by atoms with Gasteiger partial charge in [-0.1, -0.05) is 24.3 Å². The Morgan fingerprint density at radius 3 is 2.72 bits per heavy atom. The zero-order valence-electron chi connectivity index (χ0n) is 11.2.